The first-order valence-corrected chi connectivity index (χ1v) is 10.7. The number of nitrogens with two attached hydrogens (primary N) is 1. The van der Waals surface area contributed by atoms with E-state index in [4.69, 9.17) is 5.73 Å². The molecule has 1 amide bonds. The number of aliphatic hydroxyl groups excluding tert-OH is 1. The number of para-hydroxylation sites is 1. The van der Waals surface area contributed by atoms with Crippen LogP contribution in [-0.2, 0) is 6.61 Å². The third-order valence-corrected chi connectivity index (χ3v) is 5.79. The zero-order valence-electron chi connectivity index (χ0n) is 18.3. The lowest BCUT2D eigenvalue weighted by atomic mass is 10.0. The van der Waals surface area contributed by atoms with Crippen molar-refractivity contribution in [3.63, 3.8) is 0 Å². The molecule has 0 saturated carbocycles. The Balaban J connectivity index is 1.64. The Morgan fingerprint density at radius 3 is 2.71 bits per heavy atom. The van der Waals surface area contributed by atoms with Gasteiger partial charge in [0.15, 0.2) is 11.5 Å². The lowest BCUT2D eigenvalue weighted by Crippen LogP contribution is -2.32. The summed E-state index contributed by atoms with van der Waals surface area (Å²) in [6.07, 6.45) is 3.22. The number of anilines is 1. The molecule has 0 aliphatic heterocycles. The molecule has 170 valence electrons. The zero-order chi connectivity index (χ0) is 23.8. The van der Waals surface area contributed by atoms with Crippen molar-refractivity contribution in [2.24, 2.45) is 0 Å². The molecule has 0 radical (unpaired) electrons. The number of nitrogens with zero attached hydrogens (tertiary/aromatic N) is 4. The van der Waals surface area contributed by atoms with Crippen LogP contribution in [0.5, 0.6) is 0 Å². The summed E-state index contributed by atoms with van der Waals surface area (Å²) in [5.41, 5.74) is 8.02. The Labute approximate surface area is 194 Å². The number of nitrogen functional groups attached to an aromatic ring is 1. The Hall–Kier alpha value is -4.50. The third-order valence-electron chi connectivity index (χ3n) is 5.79. The summed E-state index contributed by atoms with van der Waals surface area (Å²) in [5, 5.41) is 18.0. The van der Waals surface area contributed by atoms with Crippen LogP contribution in [-0.4, -0.2) is 30.2 Å². The average Bonchev–Trinajstić information content (AvgIpc) is 3.19. The molecule has 0 saturated heterocycles. The van der Waals surface area contributed by atoms with Gasteiger partial charge in [0.05, 0.1) is 18.0 Å². The van der Waals surface area contributed by atoms with Crippen molar-refractivity contribution < 1.29 is 9.90 Å². The number of rotatable bonds is 5. The summed E-state index contributed by atoms with van der Waals surface area (Å²) in [6, 6.07) is 17.5. The fourth-order valence-corrected chi connectivity index (χ4v) is 4.21. The zero-order valence-corrected chi connectivity index (χ0v) is 18.3. The van der Waals surface area contributed by atoms with E-state index in [2.05, 4.69) is 15.4 Å². The number of aliphatic hydroxyl groups is 1. The molecule has 34 heavy (non-hydrogen) atoms. The number of carbonyl (C=O) groups excluding carboxylic acids is 1. The number of hydrogen-bond donors (Lipinski definition) is 3. The van der Waals surface area contributed by atoms with Crippen LogP contribution in [0.15, 0.2) is 77.9 Å². The lowest BCUT2D eigenvalue weighted by Gasteiger charge is -2.21. The maximum absolute atomic E-state index is 13.7. The van der Waals surface area contributed by atoms with Crippen molar-refractivity contribution in [1.82, 2.24) is 24.5 Å². The Bertz CT molecular complexity index is 1590. The minimum Gasteiger partial charge on any atom is -0.392 e. The van der Waals surface area contributed by atoms with Gasteiger partial charge < -0.3 is 16.2 Å². The van der Waals surface area contributed by atoms with Gasteiger partial charge in [-0.05, 0) is 42.1 Å². The van der Waals surface area contributed by atoms with Crippen LogP contribution in [0, 0.1) is 0 Å². The molecular weight excluding hydrogens is 432 g/mol. The van der Waals surface area contributed by atoms with Crippen molar-refractivity contribution in [1.29, 1.82) is 0 Å². The highest BCUT2D eigenvalue weighted by atomic mass is 16.3. The van der Waals surface area contributed by atoms with Crippen LogP contribution in [0.2, 0.25) is 0 Å². The summed E-state index contributed by atoms with van der Waals surface area (Å²) in [6.45, 7) is 1.54. The minimum atomic E-state index is -0.569. The Morgan fingerprint density at radius 2 is 1.94 bits per heavy atom. The molecule has 0 fully saturated rings. The van der Waals surface area contributed by atoms with Gasteiger partial charge in [-0.15, -0.1) is 5.10 Å². The second-order valence-electron chi connectivity index (χ2n) is 7.93. The second-order valence-corrected chi connectivity index (χ2v) is 7.93. The van der Waals surface area contributed by atoms with E-state index < -0.39 is 11.9 Å². The van der Waals surface area contributed by atoms with Gasteiger partial charge in [0, 0.05) is 23.8 Å². The van der Waals surface area contributed by atoms with E-state index in [-0.39, 0.29) is 23.5 Å². The smallest absolute Gasteiger partial charge is 0.263 e. The van der Waals surface area contributed by atoms with E-state index in [0.29, 0.717) is 33.4 Å². The molecule has 1 unspecified atom stereocenters. The fourth-order valence-electron chi connectivity index (χ4n) is 4.21. The topological polar surface area (TPSA) is 128 Å². The van der Waals surface area contributed by atoms with E-state index in [9.17, 15) is 14.7 Å². The predicted octanol–water partition coefficient (Wildman–Crippen LogP) is 2.60. The standard InChI is InChI=1S/C25H22N6O3/c1-15(28-24(33)21-22(26)29-30-12-6-11-27-23(21)30)19-13-16-7-5-8-17(14-32)20(16)25(34)31(19)18-9-3-2-4-10-18/h2-13,15,32H,14H2,1H3,(H2,26,29)(H,28,33). The molecule has 3 aromatic heterocycles. The molecule has 0 spiro atoms. The van der Waals surface area contributed by atoms with Crippen molar-refractivity contribution in [2.75, 3.05) is 5.73 Å². The molecule has 0 bridgehead atoms. The van der Waals surface area contributed by atoms with Gasteiger partial charge in [-0.1, -0.05) is 36.4 Å². The molecule has 2 aromatic carbocycles. The van der Waals surface area contributed by atoms with Crippen molar-refractivity contribution in [3.05, 3.63) is 100 Å². The summed E-state index contributed by atoms with van der Waals surface area (Å²) in [7, 11) is 0. The highest BCUT2D eigenvalue weighted by Gasteiger charge is 2.23. The first kappa shape index (κ1) is 21.4. The number of hydrogen-bond acceptors (Lipinski definition) is 6. The van der Waals surface area contributed by atoms with Crippen molar-refractivity contribution in [2.45, 2.75) is 19.6 Å². The van der Waals surface area contributed by atoms with Gasteiger partial charge in [0.1, 0.15) is 5.56 Å². The normalized spacial score (nSPS) is 12.2. The van der Waals surface area contributed by atoms with Crippen molar-refractivity contribution >= 4 is 28.1 Å². The van der Waals surface area contributed by atoms with E-state index in [1.165, 1.54) is 4.52 Å². The summed E-state index contributed by atoms with van der Waals surface area (Å²) in [4.78, 5) is 31.1. The predicted molar refractivity (Wildman–Crippen MR) is 129 cm³/mol. The maximum Gasteiger partial charge on any atom is 0.263 e. The molecule has 4 N–H and O–H groups in total. The van der Waals surface area contributed by atoms with Gasteiger partial charge in [-0.3, -0.25) is 14.2 Å². The van der Waals surface area contributed by atoms with Crippen LogP contribution in [0.3, 0.4) is 0 Å². The first-order valence-electron chi connectivity index (χ1n) is 10.7. The van der Waals surface area contributed by atoms with E-state index in [0.717, 1.165) is 0 Å². The number of aromatic nitrogens is 4. The number of benzene rings is 2. The highest BCUT2D eigenvalue weighted by Crippen LogP contribution is 2.24. The van der Waals surface area contributed by atoms with E-state index in [1.807, 2.05) is 42.5 Å². The molecule has 1 atom stereocenters. The molecule has 3 heterocycles. The summed E-state index contributed by atoms with van der Waals surface area (Å²) in [5.74, 6) is -0.384. The van der Waals surface area contributed by atoms with Crippen LogP contribution in [0.1, 0.15) is 34.6 Å². The number of amides is 1. The number of fused-ring (bicyclic) bond motifs is 2. The van der Waals surface area contributed by atoms with Gasteiger partial charge >= 0.3 is 0 Å². The highest BCUT2D eigenvalue weighted by molar-refractivity contribution is 6.04. The van der Waals surface area contributed by atoms with Crippen LogP contribution in [0.25, 0.3) is 22.1 Å². The molecule has 9 heteroatoms. The second kappa shape index (κ2) is 8.45. The van der Waals surface area contributed by atoms with E-state index in [1.54, 1.807) is 42.1 Å². The van der Waals surface area contributed by atoms with Gasteiger partial charge in [-0.2, -0.15) is 0 Å². The first-order chi connectivity index (χ1) is 16.5. The number of pyridine rings is 1. The lowest BCUT2D eigenvalue weighted by molar-refractivity contribution is 0.0941. The largest absolute Gasteiger partial charge is 0.392 e. The van der Waals surface area contributed by atoms with Gasteiger partial charge in [0.25, 0.3) is 11.5 Å². The SMILES string of the molecule is CC(NC(=O)c1c(N)nn2cccnc12)c1cc2cccc(CO)c2c(=O)n1-c1ccccc1. The fraction of sp³-hybridized carbons (Fsp3) is 0.120. The van der Waals surface area contributed by atoms with E-state index >= 15 is 0 Å². The number of nitrogens with one attached hydrogen (secondary N) is 1. The van der Waals surface area contributed by atoms with Gasteiger partial charge in [0.2, 0.25) is 0 Å². The van der Waals surface area contributed by atoms with Crippen LogP contribution >= 0.6 is 0 Å². The summed E-state index contributed by atoms with van der Waals surface area (Å²) >= 11 is 0. The van der Waals surface area contributed by atoms with Crippen molar-refractivity contribution in [3.8, 4) is 5.69 Å². The monoisotopic (exact) mass is 454 g/mol. The molecule has 9 nitrogen and oxygen atoms in total. The van der Waals surface area contributed by atoms with Crippen LogP contribution < -0.4 is 16.6 Å². The molecule has 0 aliphatic carbocycles. The number of carbonyl (C=O) groups is 1. The Kier molecular flexibility index (Phi) is 5.31. The summed E-state index contributed by atoms with van der Waals surface area (Å²) < 4.78 is 3.01. The van der Waals surface area contributed by atoms with Gasteiger partial charge in [-0.25, -0.2) is 9.50 Å². The molecule has 5 rings (SSSR count). The molecule has 5 aromatic rings. The maximum atomic E-state index is 13.7. The minimum absolute atomic E-state index is 0.0648. The quantitative estimate of drug-likeness (QED) is 0.375. The molecule has 0 aliphatic rings. The Morgan fingerprint density at radius 1 is 1.15 bits per heavy atom. The molecular formula is C25H22N6O3. The third kappa shape index (κ3) is 3.48. The average molecular weight is 454 g/mol. The van der Waals surface area contributed by atoms with Crippen LogP contribution in [0.4, 0.5) is 5.82 Å².